The molecule has 5 nitrogen and oxygen atoms in total. The van der Waals surface area contributed by atoms with Gasteiger partial charge >= 0.3 is 0 Å². The lowest BCUT2D eigenvalue weighted by Crippen LogP contribution is -2.30. The molecule has 21 heavy (non-hydrogen) atoms. The molecule has 0 aliphatic rings. The van der Waals surface area contributed by atoms with Crippen molar-refractivity contribution in [2.75, 3.05) is 6.54 Å². The molecule has 1 N–H and O–H groups in total. The zero-order chi connectivity index (χ0) is 14.7. The number of nitrogens with one attached hydrogen (secondary N) is 1. The highest BCUT2D eigenvalue weighted by atomic mass is 32.1. The van der Waals surface area contributed by atoms with Gasteiger partial charge < -0.3 is 5.32 Å². The molecule has 0 saturated heterocycles. The highest BCUT2D eigenvalue weighted by Crippen LogP contribution is 2.07. The molecule has 0 fully saturated rings. The number of rotatable bonds is 4. The largest absolute Gasteiger partial charge is 0.350 e. The lowest BCUT2D eigenvalue weighted by atomic mass is 10.2. The van der Waals surface area contributed by atoms with Crippen LogP contribution in [0.2, 0.25) is 0 Å². The maximum Gasteiger partial charge on any atom is 0.261 e. The number of carbonyl (C=O) groups is 1. The summed E-state index contributed by atoms with van der Waals surface area (Å²) in [5.41, 5.74) is 0.590. The van der Waals surface area contributed by atoms with Crippen LogP contribution in [0.25, 0.3) is 10.9 Å². The summed E-state index contributed by atoms with van der Waals surface area (Å²) < 4.78 is 1.51. The average Bonchev–Trinajstić information content (AvgIpc) is 3.04. The Morgan fingerprint density at radius 1 is 1.24 bits per heavy atom. The molecule has 2 heterocycles. The van der Waals surface area contributed by atoms with E-state index in [4.69, 9.17) is 0 Å². The Kier molecular flexibility index (Phi) is 3.79. The van der Waals surface area contributed by atoms with Gasteiger partial charge in [0.05, 0.1) is 22.1 Å². The number of hydrogen-bond donors (Lipinski definition) is 1. The molecule has 3 aromatic rings. The van der Waals surface area contributed by atoms with Crippen molar-refractivity contribution in [3.8, 4) is 0 Å². The number of nitrogens with zero attached hydrogens (tertiary/aromatic N) is 2. The summed E-state index contributed by atoms with van der Waals surface area (Å²) in [4.78, 5) is 28.9. The fourth-order valence-corrected chi connectivity index (χ4v) is 2.69. The number of fused-ring (bicyclic) bond motifs is 1. The third kappa shape index (κ3) is 2.85. The maximum atomic E-state index is 12.2. The van der Waals surface area contributed by atoms with Gasteiger partial charge in [-0.2, -0.15) is 0 Å². The van der Waals surface area contributed by atoms with Crippen LogP contribution in [0.3, 0.4) is 0 Å². The first-order valence-corrected chi connectivity index (χ1v) is 7.39. The Bertz CT molecular complexity index is 824. The molecule has 6 heteroatoms. The van der Waals surface area contributed by atoms with Crippen LogP contribution in [-0.4, -0.2) is 22.0 Å². The summed E-state index contributed by atoms with van der Waals surface area (Å²) in [6.07, 6.45) is 1.52. The van der Waals surface area contributed by atoms with E-state index in [1.807, 2.05) is 23.6 Å². The lowest BCUT2D eigenvalue weighted by Gasteiger charge is -2.07. The molecule has 0 unspecified atom stereocenters. The SMILES string of the molecule is O=C(NCCn1cnc2ccccc2c1=O)c1cccs1. The minimum Gasteiger partial charge on any atom is -0.350 e. The standard InChI is InChI=1S/C15H13N3O2S/c19-14(13-6-3-9-21-13)16-7-8-18-10-17-12-5-2-1-4-11(12)15(18)20/h1-6,9-10H,7-8H2,(H,16,19). The van der Waals surface area contributed by atoms with Gasteiger partial charge in [0.25, 0.3) is 11.5 Å². The lowest BCUT2D eigenvalue weighted by molar-refractivity contribution is 0.0956. The van der Waals surface area contributed by atoms with Crippen LogP contribution in [0.15, 0.2) is 52.9 Å². The van der Waals surface area contributed by atoms with Crippen LogP contribution < -0.4 is 10.9 Å². The fourth-order valence-electron chi connectivity index (χ4n) is 2.05. The molecule has 1 amide bonds. The van der Waals surface area contributed by atoms with Gasteiger partial charge in [0.15, 0.2) is 0 Å². The fraction of sp³-hybridized carbons (Fsp3) is 0.133. The molecule has 3 rings (SSSR count). The minimum absolute atomic E-state index is 0.0917. The zero-order valence-corrected chi connectivity index (χ0v) is 12.0. The van der Waals surface area contributed by atoms with Crippen LogP contribution in [0.5, 0.6) is 0 Å². The number of para-hydroxylation sites is 1. The molecule has 106 valence electrons. The summed E-state index contributed by atoms with van der Waals surface area (Å²) in [7, 11) is 0. The van der Waals surface area contributed by atoms with E-state index in [1.165, 1.54) is 22.2 Å². The molecule has 0 aliphatic heterocycles. The maximum absolute atomic E-state index is 12.2. The highest BCUT2D eigenvalue weighted by Gasteiger charge is 2.06. The third-order valence-corrected chi connectivity index (χ3v) is 3.98. The number of benzene rings is 1. The van der Waals surface area contributed by atoms with Crippen LogP contribution in [0, 0.1) is 0 Å². The van der Waals surface area contributed by atoms with E-state index in [1.54, 1.807) is 18.2 Å². The van der Waals surface area contributed by atoms with Crippen molar-refractivity contribution in [3.05, 3.63) is 63.3 Å². The Morgan fingerprint density at radius 2 is 2.10 bits per heavy atom. The smallest absolute Gasteiger partial charge is 0.261 e. The molecular formula is C15H13N3O2S. The molecule has 1 aromatic carbocycles. The first-order valence-electron chi connectivity index (χ1n) is 6.51. The first-order chi connectivity index (χ1) is 10.3. The van der Waals surface area contributed by atoms with Crippen LogP contribution in [-0.2, 0) is 6.54 Å². The molecule has 0 aliphatic carbocycles. The van der Waals surface area contributed by atoms with E-state index in [2.05, 4.69) is 10.3 Å². The van der Waals surface area contributed by atoms with E-state index < -0.39 is 0 Å². The molecule has 0 atom stereocenters. The quantitative estimate of drug-likeness (QED) is 0.800. The van der Waals surface area contributed by atoms with Gasteiger partial charge in [-0.15, -0.1) is 11.3 Å². The van der Waals surface area contributed by atoms with Gasteiger partial charge in [-0.25, -0.2) is 4.98 Å². The molecule has 0 bridgehead atoms. The van der Waals surface area contributed by atoms with E-state index in [0.29, 0.717) is 28.9 Å². The second kappa shape index (κ2) is 5.88. The Morgan fingerprint density at radius 3 is 2.90 bits per heavy atom. The topological polar surface area (TPSA) is 64.0 Å². The summed E-state index contributed by atoms with van der Waals surface area (Å²) >= 11 is 1.39. The molecule has 0 spiro atoms. The van der Waals surface area contributed by atoms with Crippen LogP contribution in [0.1, 0.15) is 9.67 Å². The summed E-state index contributed by atoms with van der Waals surface area (Å²) in [5, 5.41) is 5.23. The Balaban J connectivity index is 1.70. The van der Waals surface area contributed by atoms with Gasteiger partial charge in [0.1, 0.15) is 0 Å². The van der Waals surface area contributed by atoms with Crippen molar-refractivity contribution in [2.45, 2.75) is 6.54 Å². The van der Waals surface area contributed by atoms with Crippen molar-refractivity contribution in [2.24, 2.45) is 0 Å². The van der Waals surface area contributed by atoms with Gasteiger partial charge in [-0.1, -0.05) is 18.2 Å². The number of thiophene rings is 1. The van der Waals surface area contributed by atoms with Crippen molar-refractivity contribution < 1.29 is 4.79 Å². The van der Waals surface area contributed by atoms with E-state index in [0.717, 1.165) is 0 Å². The first kappa shape index (κ1) is 13.5. The number of aromatic nitrogens is 2. The molecule has 2 aromatic heterocycles. The molecule has 0 saturated carbocycles. The van der Waals surface area contributed by atoms with Gasteiger partial charge in [0, 0.05) is 13.1 Å². The normalized spacial score (nSPS) is 10.7. The second-order valence-corrected chi connectivity index (χ2v) is 5.44. The summed E-state index contributed by atoms with van der Waals surface area (Å²) in [6, 6.07) is 10.8. The van der Waals surface area contributed by atoms with Gasteiger partial charge in [-0.3, -0.25) is 14.2 Å². The van der Waals surface area contributed by atoms with E-state index in [9.17, 15) is 9.59 Å². The van der Waals surface area contributed by atoms with Crippen molar-refractivity contribution in [1.29, 1.82) is 0 Å². The van der Waals surface area contributed by atoms with Crippen LogP contribution >= 0.6 is 11.3 Å². The molecule has 0 radical (unpaired) electrons. The van der Waals surface area contributed by atoms with E-state index >= 15 is 0 Å². The molecular weight excluding hydrogens is 286 g/mol. The second-order valence-electron chi connectivity index (χ2n) is 4.49. The average molecular weight is 299 g/mol. The van der Waals surface area contributed by atoms with Crippen molar-refractivity contribution in [1.82, 2.24) is 14.9 Å². The number of amides is 1. The van der Waals surface area contributed by atoms with Gasteiger partial charge in [0.2, 0.25) is 0 Å². The van der Waals surface area contributed by atoms with Gasteiger partial charge in [-0.05, 0) is 23.6 Å². The summed E-state index contributed by atoms with van der Waals surface area (Å²) in [5.74, 6) is -0.119. The van der Waals surface area contributed by atoms with Crippen LogP contribution in [0.4, 0.5) is 0 Å². The Labute approximate surface area is 124 Å². The van der Waals surface area contributed by atoms with Crippen molar-refractivity contribution >= 4 is 28.1 Å². The predicted molar refractivity (Wildman–Crippen MR) is 82.7 cm³/mol. The number of carbonyl (C=O) groups excluding carboxylic acids is 1. The number of hydrogen-bond acceptors (Lipinski definition) is 4. The van der Waals surface area contributed by atoms with Crippen molar-refractivity contribution in [3.63, 3.8) is 0 Å². The van der Waals surface area contributed by atoms with E-state index in [-0.39, 0.29) is 11.5 Å². The third-order valence-electron chi connectivity index (χ3n) is 3.11. The highest BCUT2D eigenvalue weighted by molar-refractivity contribution is 7.12. The zero-order valence-electron chi connectivity index (χ0n) is 11.2. The Hall–Kier alpha value is -2.47. The summed E-state index contributed by atoms with van der Waals surface area (Å²) in [6.45, 7) is 0.782. The minimum atomic E-state index is -0.119. The monoisotopic (exact) mass is 299 g/mol. The predicted octanol–water partition coefficient (Wildman–Crippen LogP) is 1.89.